The van der Waals surface area contributed by atoms with Crippen molar-refractivity contribution in [3.8, 4) is 0 Å². The van der Waals surface area contributed by atoms with Crippen LogP contribution in [0.3, 0.4) is 0 Å². The first-order chi connectivity index (χ1) is 9.36. The van der Waals surface area contributed by atoms with Gasteiger partial charge in [-0.1, -0.05) is 0 Å². The van der Waals surface area contributed by atoms with E-state index in [0.717, 1.165) is 36.4 Å². The second-order valence-corrected chi connectivity index (χ2v) is 8.75. The topological polar surface area (TPSA) is 60.9 Å². The van der Waals surface area contributed by atoms with Gasteiger partial charge in [-0.25, -0.2) is 8.42 Å². The lowest BCUT2D eigenvalue weighted by atomic mass is 10.1. The standard InChI is InChI=1S/C13H22N2O3S2/c1-10-8-13(19-12(10)9-16)20(17,18)15(3)11-4-6-14(2)7-5-11/h8,11,16H,4-7,9H2,1-3H3. The number of thiophene rings is 1. The molecule has 1 aromatic rings. The van der Waals surface area contributed by atoms with Crippen molar-refractivity contribution < 1.29 is 13.5 Å². The van der Waals surface area contributed by atoms with Gasteiger partial charge >= 0.3 is 0 Å². The van der Waals surface area contributed by atoms with Crippen molar-refractivity contribution in [3.05, 3.63) is 16.5 Å². The molecule has 114 valence electrons. The zero-order valence-corrected chi connectivity index (χ0v) is 13.8. The van der Waals surface area contributed by atoms with Crippen LogP contribution in [0, 0.1) is 6.92 Å². The number of hydrogen-bond donors (Lipinski definition) is 1. The highest BCUT2D eigenvalue weighted by molar-refractivity contribution is 7.91. The molecule has 0 bridgehead atoms. The van der Waals surface area contributed by atoms with Gasteiger partial charge in [0.05, 0.1) is 6.61 Å². The molecule has 1 aliphatic heterocycles. The molecule has 20 heavy (non-hydrogen) atoms. The molecule has 0 spiro atoms. The summed E-state index contributed by atoms with van der Waals surface area (Å²) >= 11 is 1.17. The molecule has 0 amide bonds. The van der Waals surface area contributed by atoms with Gasteiger partial charge in [-0.15, -0.1) is 11.3 Å². The van der Waals surface area contributed by atoms with Crippen LogP contribution in [-0.2, 0) is 16.6 Å². The molecule has 1 N–H and O–H groups in total. The molecule has 1 aliphatic rings. The third-order valence-corrected chi connectivity index (χ3v) is 7.56. The lowest BCUT2D eigenvalue weighted by Gasteiger charge is -2.34. The van der Waals surface area contributed by atoms with Gasteiger partial charge < -0.3 is 10.0 Å². The van der Waals surface area contributed by atoms with Crippen LogP contribution < -0.4 is 0 Å². The Kier molecular flexibility index (Phi) is 4.86. The van der Waals surface area contributed by atoms with E-state index < -0.39 is 10.0 Å². The van der Waals surface area contributed by atoms with Gasteiger partial charge in [0, 0.05) is 18.0 Å². The molecule has 2 rings (SSSR count). The highest BCUT2D eigenvalue weighted by atomic mass is 32.2. The van der Waals surface area contributed by atoms with Crippen molar-refractivity contribution in [1.82, 2.24) is 9.21 Å². The van der Waals surface area contributed by atoms with Crippen molar-refractivity contribution >= 4 is 21.4 Å². The molecule has 0 atom stereocenters. The van der Waals surface area contributed by atoms with E-state index in [0.29, 0.717) is 4.21 Å². The van der Waals surface area contributed by atoms with Crippen LogP contribution in [0.2, 0.25) is 0 Å². The van der Waals surface area contributed by atoms with Crippen LogP contribution in [-0.4, -0.2) is 56.0 Å². The molecule has 1 saturated heterocycles. The van der Waals surface area contributed by atoms with Crippen molar-refractivity contribution in [2.75, 3.05) is 27.2 Å². The van der Waals surface area contributed by atoms with E-state index in [9.17, 15) is 13.5 Å². The molecule has 5 nitrogen and oxygen atoms in total. The Morgan fingerprint density at radius 2 is 2.05 bits per heavy atom. The molecule has 0 saturated carbocycles. The normalized spacial score (nSPS) is 18.9. The first-order valence-corrected chi connectivity index (χ1v) is 8.98. The smallest absolute Gasteiger partial charge is 0.252 e. The van der Waals surface area contributed by atoms with E-state index in [1.807, 2.05) is 6.92 Å². The number of hydrogen-bond acceptors (Lipinski definition) is 5. The molecular formula is C13H22N2O3S2. The molecule has 2 heterocycles. The van der Waals surface area contributed by atoms with E-state index in [4.69, 9.17) is 0 Å². The SMILES string of the molecule is Cc1cc(S(=O)(=O)N(C)C2CCN(C)CC2)sc1CO. The van der Waals surface area contributed by atoms with Gasteiger partial charge in [0.1, 0.15) is 4.21 Å². The summed E-state index contributed by atoms with van der Waals surface area (Å²) in [5.74, 6) is 0. The Morgan fingerprint density at radius 1 is 1.45 bits per heavy atom. The highest BCUT2D eigenvalue weighted by Crippen LogP contribution is 2.30. The van der Waals surface area contributed by atoms with E-state index in [-0.39, 0.29) is 12.6 Å². The Balaban J connectivity index is 2.20. The zero-order chi connectivity index (χ0) is 14.9. The van der Waals surface area contributed by atoms with E-state index in [1.165, 1.54) is 15.6 Å². The average Bonchev–Trinajstić information content (AvgIpc) is 2.80. The first-order valence-electron chi connectivity index (χ1n) is 6.73. The molecule has 0 unspecified atom stereocenters. The monoisotopic (exact) mass is 318 g/mol. The van der Waals surface area contributed by atoms with Crippen LogP contribution in [0.25, 0.3) is 0 Å². The molecule has 1 aromatic heterocycles. The number of aliphatic hydroxyl groups is 1. The van der Waals surface area contributed by atoms with Gasteiger partial charge in [0.15, 0.2) is 0 Å². The summed E-state index contributed by atoms with van der Waals surface area (Å²) in [5.41, 5.74) is 0.841. The third-order valence-electron chi connectivity index (χ3n) is 3.98. The van der Waals surface area contributed by atoms with Crippen molar-refractivity contribution in [2.45, 2.75) is 36.6 Å². The summed E-state index contributed by atoms with van der Waals surface area (Å²) in [6, 6.07) is 1.73. The summed E-state index contributed by atoms with van der Waals surface area (Å²) in [5, 5.41) is 9.21. The lowest BCUT2D eigenvalue weighted by Crippen LogP contribution is -2.44. The molecule has 0 aliphatic carbocycles. The quantitative estimate of drug-likeness (QED) is 0.908. The molecule has 0 aromatic carbocycles. The number of likely N-dealkylation sites (tertiary alicyclic amines) is 1. The summed E-state index contributed by atoms with van der Waals surface area (Å²) in [7, 11) is 0.276. The number of sulfonamides is 1. The average molecular weight is 318 g/mol. The van der Waals surface area contributed by atoms with Crippen LogP contribution >= 0.6 is 11.3 Å². The molecule has 0 radical (unpaired) electrons. The largest absolute Gasteiger partial charge is 0.391 e. The van der Waals surface area contributed by atoms with Crippen LogP contribution in [0.15, 0.2) is 10.3 Å². The third kappa shape index (κ3) is 3.07. The van der Waals surface area contributed by atoms with E-state index in [2.05, 4.69) is 11.9 Å². The maximum Gasteiger partial charge on any atom is 0.252 e. The molecular weight excluding hydrogens is 296 g/mol. The maximum absolute atomic E-state index is 12.6. The van der Waals surface area contributed by atoms with Gasteiger partial charge in [0.25, 0.3) is 10.0 Å². The maximum atomic E-state index is 12.6. The summed E-state index contributed by atoms with van der Waals surface area (Å²) < 4.78 is 27.1. The fourth-order valence-corrected chi connectivity index (χ4v) is 5.52. The lowest BCUT2D eigenvalue weighted by molar-refractivity contribution is 0.198. The number of nitrogens with zero attached hydrogens (tertiary/aromatic N) is 2. The predicted octanol–water partition coefficient (Wildman–Crippen LogP) is 1.26. The summed E-state index contributed by atoms with van der Waals surface area (Å²) in [6.07, 6.45) is 1.73. The molecule has 7 heteroatoms. The Hall–Kier alpha value is -0.470. The van der Waals surface area contributed by atoms with Gasteiger partial charge in [0.2, 0.25) is 0 Å². The van der Waals surface area contributed by atoms with Crippen LogP contribution in [0.5, 0.6) is 0 Å². The number of aliphatic hydroxyl groups excluding tert-OH is 1. The van der Waals surface area contributed by atoms with E-state index in [1.54, 1.807) is 13.1 Å². The number of aryl methyl sites for hydroxylation is 1. The minimum absolute atomic E-state index is 0.0659. The highest BCUT2D eigenvalue weighted by Gasteiger charge is 2.31. The minimum Gasteiger partial charge on any atom is -0.391 e. The fraction of sp³-hybridized carbons (Fsp3) is 0.692. The van der Waals surface area contributed by atoms with Crippen LogP contribution in [0.1, 0.15) is 23.3 Å². The van der Waals surface area contributed by atoms with Gasteiger partial charge in [-0.05, 0) is 51.5 Å². The number of piperidine rings is 1. The van der Waals surface area contributed by atoms with Crippen LogP contribution in [0.4, 0.5) is 0 Å². The van der Waals surface area contributed by atoms with Crippen molar-refractivity contribution in [1.29, 1.82) is 0 Å². The summed E-state index contributed by atoms with van der Waals surface area (Å²) in [4.78, 5) is 2.94. The first kappa shape index (κ1) is 15.9. The fourth-order valence-electron chi connectivity index (χ4n) is 2.47. The zero-order valence-electron chi connectivity index (χ0n) is 12.2. The van der Waals surface area contributed by atoms with Crippen molar-refractivity contribution in [3.63, 3.8) is 0 Å². The van der Waals surface area contributed by atoms with E-state index >= 15 is 0 Å². The number of rotatable bonds is 4. The second kappa shape index (κ2) is 6.11. The Bertz CT molecular complexity index is 560. The van der Waals surface area contributed by atoms with Crippen molar-refractivity contribution in [2.24, 2.45) is 0 Å². The van der Waals surface area contributed by atoms with Gasteiger partial charge in [-0.3, -0.25) is 0 Å². The predicted molar refractivity (Wildman–Crippen MR) is 80.4 cm³/mol. The minimum atomic E-state index is -3.45. The Morgan fingerprint density at radius 3 is 2.55 bits per heavy atom. The second-order valence-electron chi connectivity index (χ2n) is 5.39. The van der Waals surface area contributed by atoms with Gasteiger partial charge in [-0.2, -0.15) is 4.31 Å². The molecule has 1 fully saturated rings. The summed E-state index contributed by atoms with van der Waals surface area (Å²) in [6.45, 7) is 3.58. The Labute approximate surface area is 124 Å².